The predicted octanol–water partition coefficient (Wildman–Crippen LogP) is 5.51. The molecule has 0 aliphatic heterocycles. The number of aryl methyl sites for hydroxylation is 1. The molecular formula is C17H24Br2O. The lowest BCUT2D eigenvalue weighted by Gasteiger charge is -2.37. The molecule has 1 aromatic carbocycles. The first-order valence-electron chi connectivity index (χ1n) is 7.40. The summed E-state index contributed by atoms with van der Waals surface area (Å²) in [5, 5.41) is 2.10. The number of methoxy groups -OCH3 is 1. The molecule has 112 valence electrons. The molecule has 0 atom stereocenters. The molecule has 1 aromatic rings. The van der Waals surface area contributed by atoms with E-state index in [0.717, 1.165) is 28.7 Å². The van der Waals surface area contributed by atoms with E-state index >= 15 is 0 Å². The van der Waals surface area contributed by atoms with E-state index in [1.54, 1.807) is 7.11 Å². The highest BCUT2D eigenvalue weighted by Gasteiger charge is 2.39. The lowest BCUT2D eigenvalue weighted by atomic mass is 9.73. The number of halogens is 2. The number of rotatable bonds is 6. The highest BCUT2D eigenvalue weighted by atomic mass is 79.9. The van der Waals surface area contributed by atoms with Gasteiger partial charge in [-0.1, -0.05) is 62.4 Å². The van der Waals surface area contributed by atoms with Gasteiger partial charge in [0.2, 0.25) is 0 Å². The summed E-state index contributed by atoms with van der Waals surface area (Å²) in [7, 11) is 1.77. The van der Waals surface area contributed by atoms with Crippen molar-refractivity contribution in [3.05, 3.63) is 29.3 Å². The number of hydrogen-bond acceptors (Lipinski definition) is 1. The van der Waals surface area contributed by atoms with Crippen molar-refractivity contribution in [1.29, 1.82) is 0 Å². The molecule has 0 amide bonds. The second kappa shape index (κ2) is 7.31. The van der Waals surface area contributed by atoms with E-state index in [9.17, 15) is 0 Å². The minimum atomic E-state index is 0.303. The molecule has 3 heteroatoms. The summed E-state index contributed by atoms with van der Waals surface area (Å²) in [5.41, 5.74) is 2.96. The normalized spacial score (nSPS) is 16.6. The van der Waals surface area contributed by atoms with Gasteiger partial charge in [-0.2, -0.15) is 0 Å². The van der Waals surface area contributed by atoms with Gasteiger partial charge in [0.1, 0.15) is 5.75 Å². The largest absolute Gasteiger partial charge is 0.496 e. The monoisotopic (exact) mass is 402 g/mol. The SMILES string of the molecule is COc1ccc(C)cc1CC(CBr)(CBr)C1CCCC1. The molecule has 0 spiro atoms. The standard InChI is InChI=1S/C17H24Br2O/c1-13-7-8-16(20-2)14(9-13)10-17(11-18,12-19)15-5-3-4-6-15/h7-9,15H,3-6,10-12H2,1-2H3. The summed E-state index contributed by atoms with van der Waals surface area (Å²) in [4.78, 5) is 0. The molecule has 0 saturated heterocycles. The third kappa shape index (κ3) is 3.41. The average molecular weight is 404 g/mol. The van der Waals surface area contributed by atoms with E-state index < -0.39 is 0 Å². The third-order valence-electron chi connectivity index (χ3n) is 4.73. The van der Waals surface area contributed by atoms with Crippen LogP contribution in [0.4, 0.5) is 0 Å². The minimum Gasteiger partial charge on any atom is -0.496 e. The van der Waals surface area contributed by atoms with Crippen molar-refractivity contribution in [2.45, 2.75) is 39.0 Å². The van der Waals surface area contributed by atoms with Crippen molar-refractivity contribution in [2.75, 3.05) is 17.8 Å². The van der Waals surface area contributed by atoms with Gasteiger partial charge < -0.3 is 4.74 Å². The van der Waals surface area contributed by atoms with Gasteiger partial charge in [-0.25, -0.2) is 0 Å². The molecule has 0 bridgehead atoms. The molecule has 1 aliphatic rings. The second-order valence-electron chi connectivity index (χ2n) is 6.10. The molecule has 0 radical (unpaired) electrons. The van der Waals surface area contributed by atoms with Gasteiger partial charge >= 0.3 is 0 Å². The van der Waals surface area contributed by atoms with Crippen LogP contribution < -0.4 is 4.74 Å². The van der Waals surface area contributed by atoms with Crippen LogP contribution >= 0.6 is 31.9 Å². The Morgan fingerprint density at radius 1 is 1.20 bits per heavy atom. The van der Waals surface area contributed by atoms with Crippen molar-refractivity contribution in [3.63, 3.8) is 0 Å². The van der Waals surface area contributed by atoms with Crippen LogP contribution in [-0.2, 0) is 6.42 Å². The Morgan fingerprint density at radius 2 is 1.85 bits per heavy atom. The molecular weight excluding hydrogens is 380 g/mol. The fourth-order valence-electron chi connectivity index (χ4n) is 3.46. The van der Waals surface area contributed by atoms with Gasteiger partial charge in [-0.3, -0.25) is 0 Å². The number of ether oxygens (including phenoxy) is 1. The topological polar surface area (TPSA) is 9.23 Å². The van der Waals surface area contributed by atoms with Crippen LogP contribution in [0.25, 0.3) is 0 Å². The molecule has 1 aliphatic carbocycles. The van der Waals surface area contributed by atoms with Gasteiger partial charge in [-0.05, 0) is 49.1 Å². The van der Waals surface area contributed by atoms with Crippen molar-refractivity contribution in [1.82, 2.24) is 0 Å². The first kappa shape index (κ1) is 16.4. The molecule has 1 saturated carbocycles. The predicted molar refractivity (Wildman–Crippen MR) is 93.4 cm³/mol. The number of hydrogen-bond donors (Lipinski definition) is 0. The van der Waals surface area contributed by atoms with Crippen LogP contribution in [0.5, 0.6) is 5.75 Å². The minimum absolute atomic E-state index is 0.303. The maximum Gasteiger partial charge on any atom is 0.122 e. The highest BCUT2D eigenvalue weighted by Crippen LogP contribution is 2.45. The molecule has 0 N–H and O–H groups in total. The summed E-state index contributed by atoms with van der Waals surface area (Å²) in [6, 6.07) is 6.52. The molecule has 1 fully saturated rings. The quantitative estimate of drug-likeness (QED) is 0.568. The maximum absolute atomic E-state index is 5.57. The fraction of sp³-hybridized carbons (Fsp3) is 0.647. The number of benzene rings is 1. The third-order valence-corrected chi connectivity index (χ3v) is 6.97. The zero-order valence-electron chi connectivity index (χ0n) is 12.4. The molecule has 20 heavy (non-hydrogen) atoms. The first-order chi connectivity index (χ1) is 9.65. The van der Waals surface area contributed by atoms with Crippen LogP contribution in [-0.4, -0.2) is 17.8 Å². The van der Waals surface area contributed by atoms with Crippen molar-refractivity contribution in [2.24, 2.45) is 11.3 Å². The van der Waals surface area contributed by atoms with Crippen molar-refractivity contribution >= 4 is 31.9 Å². The fourth-order valence-corrected chi connectivity index (χ4v) is 5.70. The lowest BCUT2D eigenvalue weighted by molar-refractivity contribution is 0.230. The average Bonchev–Trinajstić information content (AvgIpc) is 3.00. The Hall–Kier alpha value is -0.0200. The van der Waals surface area contributed by atoms with Gasteiger partial charge in [0, 0.05) is 10.7 Å². The first-order valence-corrected chi connectivity index (χ1v) is 9.65. The lowest BCUT2D eigenvalue weighted by Crippen LogP contribution is -2.35. The van der Waals surface area contributed by atoms with Gasteiger partial charge in [0.05, 0.1) is 7.11 Å². The van der Waals surface area contributed by atoms with Crippen molar-refractivity contribution < 1.29 is 4.74 Å². The van der Waals surface area contributed by atoms with E-state index in [2.05, 4.69) is 57.0 Å². The van der Waals surface area contributed by atoms with E-state index in [1.165, 1.54) is 36.8 Å². The number of alkyl halides is 2. The smallest absolute Gasteiger partial charge is 0.122 e. The van der Waals surface area contributed by atoms with Crippen molar-refractivity contribution in [3.8, 4) is 5.75 Å². The van der Waals surface area contributed by atoms with Crippen LogP contribution in [0.15, 0.2) is 18.2 Å². The summed E-state index contributed by atoms with van der Waals surface area (Å²) < 4.78 is 5.57. The zero-order chi connectivity index (χ0) is 14.6. The van der Waals surface area contributed by atoms with Crippen LogP contribution in [0.2, 0.25) is 0 Å². The highest BCUT2D eigenvalue weighted by molar-refractivity contribution is 9.09. The van der Waals surface area contributed by atoms with E-state index in [0.29, 0.717) is 5.41 Å². The summed E-state index contributed by atoms with van der Waals surface area (Å²) in [5.74, 6) is 1.84. The maximum atomic E-state index is 5.57. The molecule has 0 heterocycles. The van der Waals surface area contributed by atoms with Gasteiger partial charge in [0.25, 0.3) is 0 Å². The Kier molecular flexibility index (Phi) is 5.97. The Labute approximate surface area is 139 Å². The van der Waals surface area contributed by atoms with Crippen LogP contribution in [0.1, 0.15) is 36.8 Å². The Balaban J connectivity index is 2.29. The molecule has 0 aromatic heterocycles. The summed E-state index contributed by atoms with van der Waals surface area (Å²) in [6.45, 7) is 2.16. The Morgan fingerprint density at radius 3 is 2.40 bits per heavy atom. The van der Waals surface area contributed by atoms with E-state index in [1.807, 2.05) is 0 Å². The van der Waals surface area contributed by atoms with Crippen LogP contribution in [0, 0.1) is 18.3 Å². The van der Waals surface area contributed by atoms with Gasteiger partial charge in [0.15, 0.2) is 0 Å². The van der Waals surface area contributed by atoms with E-state index in [-0.39, 0.29) is 0 Å². The Bertz CT molecular complexity index is 435. The van der Waals surface area contributed by atoms with Crippen LogP contribution in [0.3, 0.4) is 0 Å². The van der Waals surface area contributed by atoms with E-state index in [4.69, 9.17) is 4.74 Å². The summed E-state index contributed by atoms with van der Waals surface area (Å²) >= 11 is 7.59. The summed E-state index contributed by atoms with van der Waals surface area (Å²) in [6.07, 6.45) is 6.59. The van der Waals surface area contributed by atoms with Gasteiger partial charge in [-0.15, -0.1) is 0 Å². The molecule has 2 rings (SSSR count). The molecule has 0 unspecified atom stereocenters. The molecule has 1 nitrogen and oxygen atoms in total. The zero-order valence-corrected chi connectivity index (χ0v) is 15.6. The second-order valence-corrected chi connectivity index (χ2v) is 7.22.